The lowest BCUT2D eigenvalue weighted by Crippen LogP contribution is -2.57. The molecule has 1 amide bonds. The first-order valence-corrected chi connectivity index (χ1v) is 6.41. The van der Waals surface area contributed by atoms with E-state index >= 15 is 0 Å². The largest absolute Gasteiger partial charge is 0.325 e. The average Bonchev–Trinajstić information content (AvgIpc) is 2.20. The number of rotatable bonds is 4. The van der Waals surface area contributed by atoms with Gasteiger partial charge >= 0.3 is 0 Å². The summed E-state index contributed by atoms with van der Waals surface area (Å²) < 4.78 is 0. The number of nitrogens with zero attached hydrogens (tertiary/aromatic N) is 1. The van der Waals surface area contributed by atoms with Crippen LogP contribution < -0.4 is 10.6 Å². The third kappa shape index (κ3) is 4.35. The van der Waals surface area contributed by atoms with Crippen LogP contribution in [-0.4, -0.2) is 43.5 Å². The van der Waals surface area contributed by atoms with Gasteiger partial charge in [0.15, 0.2) is 0 Å². The Morgan fingerprint density at radius 2 is 2.21 bits per heavy atom. The molecule has 0 bridgehead atoms. The van der Waals surface area contributed by atoms with Gasteiger partial charge in [-0.05, 0) is 31.7 Å². The van der Waals surface area contributed by atoms with Gasteiger partial charge in [0, 0.05) is 29.8 Å². The Labute approximate surface area is 124 Å². The summed E-state index contributed by atoms with van der Waals surface area (Å²) >= 11 is 5.92. The van der Waals surface area contributed by atoms with Crippen LogP contribution in [0, 0.1) is 6.92 Å². The molecule has 0 spiro atoms. The van der Waals surface area contributed by atoms with E-state index in [-0.39, 0.29) is 18.3 Å². The molecular formula is C13H19Cl2N3O. The molecule has 2 N–H and O–H groups in total. The molecule has 4 nitrogen and oxygen atoms in total. The Kier molecular flexibility index (Phi) is 6.07. The van der Waals surface area contributed by atoms with Crippen molar-refractivity contribution in [3.8, 4) is 0 Å². The summed E-state index contributed by atoms with van der Waals surface area (Å²) in [6.45, 7) is 4.27. The summed E-state index contributed by atoms with van der Waals surface area (Å²) in [6.07, 6.45) is 0. The number of benzene rings is 1. The zero-order valence-electron chi connectivity index (χ0n) is 11.1. The maximum absolute atomic E-state index is 11.9. The van der Waals surface area contributed by atoms with Gasteiger partial charge in [-0.1, -0.05) is 17.7 Å². The molecule has 0 aliphatic carbocycles. The Bertz CT molecular complexity index is 450. The number of amides is 1. The van der Waals surface area contributed by atoms with Gasteiger partial charge in [-0.15, -0.1) is 12.4 Å². The normalized spacial score (nSPS) is 14.7. The van der Waals surface area contributed by atoms with Crippen LogP contribution in [0.15, 0.2) is 18.2 Å². The molecule has 1 heterocycles. The number of hydrogen-bond donors (Lipinski definition) is 2. The summed E-state index contributed by atoms with van der Waals surface area (Å²) in [5.41, 5.74) is 1.80. The molecule has 0 saturated carbocycles. The number of hydrogen-bond acceptors (Lipinski definition) is 3. The van der Waals surface area contributed by atoms with Crippen LogP contribution in [0.4, 0.5) is 5.69 Å². The van der Waals surface area contributed by atoms with Crippen molar-refractivity contribution in [1.29, 1.82) is 0 Å². The van der Waals surface area contributed by atoms with Crippen LogP contribution in [0.5, 0.6) is 0 Å². The number of carbonyl (C=O) groups is 1. The first-order chi connectivity index (χ1) is 8.56. The zero-order valence-corrected chi connectivity index (χ0v) is 12.6. The highest BCUT2D eigenvalue weighted by Crippen LogP contribution is 2.20. The van der Waals surface area contributed by atoms with Crippen molar-refractivity contribution in [3.63, 3.8) is 0 Å². The minimum Gasteiger partial charge on any atom is -0.325 e. The molecule has 0 radical (unpaired) electrons. The molecule has 0 aromatic heterocycles. The maximum atomic E-state index is 11.9. The van der Waals surface area contributed by atoms with Crippen molar-refractivity contribution < 1.29 is 4.79 Å². The summed E-state index contributed by atoms with van der Waals surface area (Å²) in [6, 6.07) is 5.96. The second kappa shape index (κ2) is 7.10. The Balaban J connectivity index is 0.00000180. The van der Waals surface area contributed by atoms with Crippen LogP contribution in [0.3, 0.4) is 0 Å². The van der Waals surface area contributed by atoms with Gasteiger partial charge in [0.1, 0.15) is 0 Å². The van der Waals surface area contributed by atoms with Crippen molar-refractivity contribution in [2.45, 2.75) is 13.0 Å². The van der Waals surface area contributed by atoms with E-state index in [2.05, 4.69) is 15.5 Å². The summed E-state index contributed by atoms with van der Waals surface area (Å²) in [5, 5.41) is 6.72. The highest BCUT2D eigenvalue weighted by Gasteiger charge is 2.22. The number of aryl methyl sites for hydroxylation is 1. The van der Waals surface area contributed by atoms with E-state index in [1.807, 2.05) is 26.1 Å². The smallest absolute Gasteiger partial charge is 0.238 e. The van der Waals surface area contributed by atoms with Gasteiger partial charge < -0.3 is 10.6 Å². The number of anilines is 1. The third-order valence-corrected chi connectivity index (χ3v) is 3.49. The maximum Gasteiger partial charge on any atom is 0.238 e. The van der Waals surface area contributed by atoms with E-state index in [0.717, 1.165) is 24.3 Å². The molecule has 1 saturated heterocycles. The quantitative estimate of drug-likeness (QED) is 0.893. The topological polar surface area (TPSA) is 44.4 Å². The number of carbonyl (C=O) groups excluding carboxylic acids is 1. The zero-order chi connectivity index (χ0) is 13.1. The van der Waals surface area contributed by atoms with Crippen molar-refractivity contribution in [2.75, 3.05) is 32.0 Å². The van der Waals surface area contributed by atoms with Crippen LogP contribution in [0.25, 0.3) is 0 Å². The fourth-order valence-corrected chi connectivity index (χ4v) is 2.03. The monoisotopic (exact) mass is 303 g/mol. The molecule has 106 valence electrons. The van der Waals surface area contributed by atoms with Crippen LogP contribution in [-0.2, 0) is 4.79 Å². The summed E-state index contributed by atoms with van der Waals surface area (Å²) in [7, 11) is 1.97. The molecule has 0 unspecified atom stereocenters. The van der Waals surface area contributed by atoms with Gasteiger partial charge in [-0.25, -0.2) is 0 Å². The molecule has 2 rings (SSSR count). The molecule has 1 aliphatic rings. The third-order valence-electron chi connectivity index (χ3n) is 3.25. The molecule has 1 fully saturated rings. The average molecular weight is 304 g/mol. The van der Waals surface area contributed by atoms with Gasteiger partial charge in [-0.2, -0.15) is 0 Å². The Morgan fingerprint density at radius 1 is 1.53 bits per heavy atom. The van der Waals surface area contributed by atoms with Crippen LogP contribution >= 0.6 is 24.0 Å². The van der Waals surface area contributed by atoms with Crippen LogP contribution in [0.2, 0.25) is 5.02 Å². The van der Waals surface area contributed by atoms with Gasteiger partial charge in [-0.3, -0.25) is 9.69 Å². The van der Waals surface area contributed by atoms with E-state index in [1.54, 1.807) is 6.07 Å². The van der Waals surface area contributed by atoms with Gasteiger partial charge in [0.2, 0.25) is 5.91 Å². The fraction of sp³-hybridized carbons (Fsp3) is 0.462. The van der Waals surface area contributed by atoms with Gasteiger partial charge in [0.05, 0.1) is 6.54 Å². The summed E-state index contributed by atoms with van der Waals surface area (Å²) in [4.78, 5) is 14.0. The predicted octanol–water partition coefficient (Wildman–Crippen LogP) is 1.91. The van der Waals surface area contributed by atoms with E-state index in [9.17, 15) is 4.79 Å². The second-order valence-electron chi connectivity index (χ2n) is 4.73. The molecule has 1 aromatic rings. The molecule has 1 aromatic carbocycles. The molecule has 6 heteroatoms. The first kappa shape index (κ1) is 16.2. The van der Waals surface area contributed by atoms with Crippen LogP contribution in [0.1, 0.15) is 5.56 Å². The lowest BCUT2D eigenvalue weighted by Gasteiger charge is -2.35. The van der Waals surface area contributed by atoms with E-state index in [0.29, 0.717) is 17.6 Å². The minimum atomic E-state index is -0.00485. The number of halogens is 2. The molecule has 0 atom stereocenters. The second-order valence-corrected chi connectivity index (χ2v) is 5.17. The Hall–Kier alpha value is -0.810. The first-order valence-electron chi connectivity index (χ1n) is 6.03. The highest BCUT2D eigenvalue weighted by atomic mass is 35.5. The lowest BCUT2D eigenvalue weighted by molar-refractivity contribution is -0.117. The Morgan fingerprint density at radius 3 is 2.79 bits per heavy atom. The van der Waals surface area contributed by atoms with E-state index in [1.165, 1.54) is 0 Å². The van der Waals surface area contributed by atoms with E-state index < -0.39 is 0 Å². The highest BCUT2D eigenvalue weighted by molar-refractivity contribution is 6.31. The van der Waals surface area contributed by atoms with E-state index in [4.69, 9.17) is 11.6 Å². The number of likely N-dealkylation sites (N-methyl/N-ethyl adjacent to an activating group) is 1. The fourth-order valence-electron chi connectivity index (χ4n) is 1.86. The van der Waals surface area contributed by atoms with Crippen molar-refractivity contribution >= 4 is 35.6 Å². The standard InChI is InChI=1S/C13H18ClN3O.ClH/c1-9-3-4-10(14)5-12(9)16-13(18)8-17(2)11-6-15-7-11;/h3-5,11,15H,6-8H2,1-2H3,(H,16,18);1H. The molecular weight excluding hydrogens is 285 g/mol. The van der Waals surface area contributed by atoms with Crippen molar-refractivity contribution in [2.24, 2.45) is 0 Å². The predicted molar refractivity (Wildman–Crippen MR) is 81.4 cm³/mol. The molecule has 1 aliphatic heterocycles. The lowest BCUT2D eigenvalue weighted by atomic mass is 10.1. The van der Waals surface area contributed by atoms with Gasteiger partial charge in [0.25, 0.3) is 0 Å². The van der Waals surface area contributed by atoms with Crippen molar-refractivity contribution in [1.82, 2.24) is 10.2 Å². The minimum absolute atomic E-state index is 0. The van der Waals surface area contributed by atoms with Crippen molar-refractivity contribution in [3.05, 3.63) is 28.8 Å². The SMILES string of the molecule is Cc1ccc(Cl)cc1NC(=O)CN(C)C1CNC1.Cl. The number of nitrogens with one attached hydrogen (secondary N) is 2. The summed E-state index contributed by atoms with van der Waals surface area (Å²) in [5.74, 6) is -0.00485. The molecule has 19 heavy (non-hydrogen) atoms.